The fourth-order valence-corrected chi connectivity index (χ4v) is 4.70. The van der Waals surface area contributed by atoms with Crippen LogP contribution < -0.4 is 5.32 Å². The summed E-state index contributed by atoms with van der Waals surface area (Å²) in [5.41, 5.74) is 0. The van der Waals surface area contributed by atoms with Crippen LogP contribution in [0.1, 0.15) is 35.4 Å². The highest BCUT2D eigenvalue weighted by Crippen LogP contribution is 2.36. The normalized spacial score (nSPS) is 21.0. The Morgan fingerprint density at radius 2 is 2.00 bits per heavy atom. The van der Waals surface area contributed by atoms with Crippen LogP contribution in [-0.4, -0.2) is 35.8 Å². The largest absolute Gasteiger partial charge is 0.353 e. The van der Waals surface area contributed by atoms with Gasteiger partial charge in [-0.15, -0.1) is 11.3 Å². The Bertz CT molecular complexity index is 799. The maximum atomic E-state index is 12.9. The van der Waals surface area contributed by atoms with Gasteiger partial charge in [-0.3, -0.25) is 9.59 Å². The van der Waals surface area contributed by atoms with Gasteiger partial charge in [-0.2, -0.15) is 0 Å². The molecule has 2 aliphatic rings. The minimum absolute atomic E-state index is 0.0508. The average molecular weight is 363 g/mol. The molecule has 0 spiro atoms. The second-order valence-corrected chi connectivity index (χ2v) is 8.04. The summed E-state index contributed by atoms with van der Waals surface area (Å²) in [6.07, 6.45) is 3.87. The van der Waals surface area contributed by atoms with Crippen LogP contribution in [0.15, 0.2) is 24.3 Å². The number of carbonyl (C=O) groups excluding carboxylic acids is 2. The summed E-state index contributed by atoms with van der Waals surface area (Å²) in [5.74, 6) is -0.0565. The fraction of sp³-hybridized carbons (Fsp3) is 0.444. The van der Waals surface area contributed by atoms with Crippen molar-refractivity contribution in [1.82, 2.24) is 10.2 Å². The molecule has 0 radical (unpaired) electrons. The number of nitrogens with zero attached hydrogens (tertiary/aromatic N) is 1. The van der Waals surface area contributed by atoms with Crippen molar-refractivity contribution < 1.29 is 9.59 Å². The summed E-state index contributed by atoms with van der Waals surface area (Å²) in [7, 11) is 0. The standard InChI is InChI=1S/C18H19ClN2O2S/c19-15-13-5-1-2-6-14(13)24-16(15)18(23)21-9-3-4-11(10-21)17(22)20-12-7-8-12/h1-2,5-6,11-12H,3-4,7-10H2,(H,20,22). The van der Waals surface area contributed by atoms with E-state index in [1.165, 1.54) is 11.3 Å². The van der Waals surface area contributed by atoms with E-state index in [0.29, 0.717) is 29.0 Å². The summed E-state index contributed by atoms with van der Waals surface area (Å²) in [6.45, 7) is 1.18. The van der Waals surface area contributed by atoms with Crippen molar-refractivity contribution in [3.63, 3.8) is 0 Å². The molecule has 2 amide bonds. The van der Waals surface area contributed by atoms with Gasteiger partial charge in [0.25, 0.3) is 5.91 Å². The van der Waals surface area contributed by atoms with Crippen LogP contribution in [0.3, 0.4) is 0 Å². The predicted octanol–water partition coefficient (Wildman–Crippen LogP) is 3.69. The van der Waals surface area contributed by atoms with Gasteiger partial charge in [-0.25, -0.2) is 0 Å². The minimum atomic E-state index is -0.101. The van der Waals surface area contributed by atoms with Crippen molar-refractivity contribution in [3.05, 3.63) is 34.2 Å². The average Bonchev–Trinajstić information content (AvgIpc) is 3.36. The Morgan fingerprint density at radius 3 is 2.75 bits per heavy atom. The first-order valence-corrected chi connectivity index (χ1v) is 9.59. The van der Waals surface area contributed by atoms with Crippen LogP contribution in [-0.2, 0) is 4.79 Å². The Labute approximate surface area is 149 Å². The minimum Gasteiger partial charge on any atom is -0.353 e. The molecule has 1 N–H and O–H groups in total. The number of hydrogen-bond donors (Lipinski definition) is 1. The summed E-state index contributed by atoms with van der Waals surface area (Å²) in [4.78, 5) is 27.6. The monoisotopic (exact) mass is 362 g/mol. The summed E-state index contributed by atoms with van der Waals surface area (Å²) in [5, 5.41) is 4.51. The molecule has 4 rings (SSSR count). The second-order valence-electron chi connectivity index (χ2n) is 6.61. The first kappa shape index (κ1) is 15.9. The van der Waals surface area contributed by atoms with E-state index in [4.69, 9.17) is 11.6 Å². The topological polar surface area (TPSA) is 49.4 Å². The number of benzene rings is 1. The lowest BCUT2D eigenvalue weighted by Crippen LogP contribution is -2.45. The number of carbonyl (C=O) groups is 2. The molecular formula is C18H19ClN2O2S. The molecule has 1 aromatic carbocycles. The van der Waals surface area contributed by atoms with Gasteiger partial charge in [0.05, 0.1) is 10.9 Å². The molecule has 1 aliphatic carbocycles. The summed E-state index contributed by atoms with van der Waals surface area (Å²) in [6, 6.07) is 8.15. The van der Waals surface area contributed by atoms with Crippen molar-refractivity contribution in [2.24, 2.45) is 5.92 Å². The molecule has 1 saturated heterocycles. The van der Waals surface area contributed by atoms with E-state index in [1.807, 2.05) is 24.3 Å². The molecule has 6 heteroatoms. The van der Waals surface area contributed by atoms with Crippen molar-refractivity contribution in [1.29, 1.82) is 0 Å². The third-order valence-corrected chi connectivity index (χ3v) is 6.40. The molecule has 2 fully saturated rings. The van der Waals surface area contributed by atoms with Gasteiger partial charge < -0.3 is 10.2 Å². The summed E-state index contributed by atoms with van der Waals surface area (Å²) < 4.78 is 1.02. The van der Waals surface area contributed by atoms with Gasteiger partial charge in [-0.1, -0.05) is 29.8 Å². The smallest absolute Gasteiger partial charge is 0.265 e. The molecule has 4 nitrogen and oxygen atoms in total. The zero-order chi connectivity index (χ0) is 16.7. The van der Waals surface area contributed by atoms with Crippen LogP contribution in [0.2, 0.25) is 5.02 Å². The number of fused-ring (bicyclic) bond motifs is 1. The van der Waals surface area contributed by atoms with E-state index in [0.717, 1.165) is 35.8 Å². The predicted molar refractivity (Wildman–Crippen MR) is 96.6 cm³/mol. The highest BCUT2D eigenvalue weighted by molar-refractivity contribution is 7.21. The number of likely N-dealkylation sites (tertiary alicyclic amines) is 1. The molecule has 24 heavy (non-hydrogen) atoms. The lowest BCUT2D eigenvalue weighted by Gasteiger charge is -2.31. The third kappa shape index (κ3) is 3.03. The van der Waals surface area contributed by atoms with Crippen molar-refractivity contribution >= 4 is 44.8 Å². The number of thiophene rings is 1. The molecule has 1 atom stereocenters. The maximum absolute atomic E-state index is 12.9. The van der Waals surface area contributed by atoms with Crippen LogP contribution in [0.25, 0.3) is 10.1 Å². The van der Waals surface area contributed by atoms with Crippen molar-refractivity contribution in [3.8, 4) is 0 Å². The van der Waals surface area contributed by atoms with Gasteiger partial charge in [0.2, 0.25) is 5.91 Å². The van der Waals surface area contributed by atoms with Gasteiger partial charge in [-0.05, 0) is 31.7 Å². The maximum Gasteiger partial charge on any atom is 0.265 e. The van der Waals surface area contributed by atoms with E-state index in [9.17, 15) is 9.59 Å². The third-order valence-electron chi connectivity index (χ3n) is 4.73. The number of halogens is 1. The van der Waals surface area contributed by atoms with Crippen molar-refractivity contribution in [2.75, 3.05) is 13.1 Å². The first-order valence-electron chi connectivity index (χ1n) is 8.40. The van der Waals surface area contributed by atoms with E-state index >= 15 is 0 Å². The van der Waals surface area contributed by atoms with E-state index in [2.05, 4.69) is 5.32 Å². The fourth-order valence-electron chi connectivity index (χ4n) is 3.22. The summed E-state index contributed by atoms with van der Waals surface area (Å²) >= 11 is 7.86. The Hall–Kier alpha value is -1.59. The molecule has 1 aromatic heterocycles. The van der Waals surface area contributed by atoms with Crippen LogP contribution in [0, 0.1) is 5.92 Å². The van der Waals surface area contributed by atoms with Gasteiger partial charge in [0.15, 0.2) is 0 Å². The lowest BCUT2D eigenvalue weighted by atomic mass is 9.97. The second kappa shape index (κ2) is 6.37. The lowest BCUT2D eigenvalue weighted by molar-refractivity contribution is -0.126. The Balaban J connectivity index is 1.52. The molecule has 1 unspecified atom stereocenters. The Kier molecular flexibility index (Phi) is 4.22. The number of amides is 2. The molecule has 0 bridgehead atoms. The number of piperidine rings is 1. The van der Waals surface area contributed by atoms with Gasteiger partial charge >= 0.3 is 0 Å². The number of hydrogen-bond acceptors (Lipinski definition) is 3. The molecular weight excluding hydrogens is 344 g/mol. The first-order chi connectivity index (χ1) is 11.6. The Morgan fingerprint density at radius 1 is 1.21 bits per heavy atom. The van der Waals surface area contributed by atoms with Crippen LogP contribution >= 0.6 is 22.9 Å². The van der Waals surface area contributed by atoms with E-state index in [-0.39, 0.29) is 17.7 Å². The quantitative estimate of drug-likeness (QED) is 0.905. The molecule has 2 heterocycles. The SMILES string of the molecule is O=C(NC1CC1)C1CCCN(C(=O)c2sc3ccccc3c2Cl)C1. The van der Waals surface area contributed by atoms with Crippen LogP contribution in [0.4, 0.5) is 0 Å². The van der Waals surface area contributed by atoms with Gasteiger partial charge in [0, 0.05) is 29.2 Å². The number of nitrogens with one attached hydrogen (secondary N) is 1. The van der Waals surface area contributed by atoms with E-state index in [1.54, 1.807) is 4.90 Å². The molecule has 1 aliphatic heterocycles. The highest BCUT2D eigenvalue weighted by atomic mass is 35.5. The van der Waals surface area contributed by atoms with E-state index < -0.39 is 0 Å². The van der Waals surface area contributed by atoms with Crippen molar-refractivity contribution in [2.45, 2.75) is 31.7 Å². The zero-order valence-corrected chi connectivity index (χ0v) is 14.8. The van der Waals surface area contributed by atoms with Crippen LogP contribution in [0.5, 0.6) is 0 Å². The zero-order valence-electron chi connectivity index (χ0n) is 13.3. The molecule has 1 saturated carbocycles. The van der Waals surface area contributed by atoms with Gasteiger partial charge in [0.1, 0.15) is 4.88 Å². The highest BCUT2D eigenvalue weighted by Gasteiger charge is 2.33. The number of rotatable bonds is 3. The molecule has 126 valence electrons. The molecule has 2 aromatic rings.